The molecule has 0 aliphatic carbocycles. The molecule has 2 nitrogen and oxygen atoms in total. The lowest BCUT2D eigenvalue weighted by Gasteiger charge is -2.24. The maximum atomic E-state index is 10.8. The predicted octanol–water partition coefficient (Wildman–Crippen LogP) is 1.26. The van der Waals surface area contributed by atoms with Crippen molar-refractivity contribution in [1.82, 2.24) is 5.32 Å². The lowest BCUT2D eigenvalue weighted by molar-refractivity contribution is -0.122. The summed E-state index contributed by atoms with van der Waals surface area (Å²) in [5, 5.41) is 2.94. The van der Waals surface area contributed by atoms with E-state index in [0.29, 0.717) is 6.54 Å². The fourth-order valence-electron chi connectivity index (χ4n) is 0.624. The second kappa shape index (κ2) is 4.45. The number of carbonyl (C=O) groups is 1. The second-order valence-corrected chi connectivity index (χ2v) is 5.60. The molecule has 1 rings (SSSR count). The number of nitrogens with one attached hydrogen (secondary N) is 1. The van der Waals surface area contributed by atoms with Crippen LogP contribution in [0.15, 0.2) is 0 Å². The van der Waals surface area contributed by atoms with Crippen LogP contribution in [0.25, 0.3) is 0 Å². The molecule has 1 heterocycles. The van der Waals surface area contributed by atoms with Gasteiger partial charge < -0.3 is 0 Å². The van der Waals surface area contributed by atoms with Gasteiger partial charge in [-0.3, -0.25) is 10.1 Å². The zero-order valence-electron chi connectivity index (χ0n) is 6.12. The lowest BCUT2D eigenvalue weighted by Crippen LogP contribution is -2.51. The molecule has 1 saturated heterocycles. The number of hydrogen-bond donors (Lipinski definition) is 1. The van der Waals surface area contributed by atoms with Gasteiger partial charge in [0.2, 0.25) is 0 Å². The monoisotopic (exact) mass is 207 g/mol. The molecule has 1 N–H and O–H groups in total. The molecule has 0 aromatic heterocycles. The molecule has 1 aliphatic rings. The van der Waals surface area contributed by atoms with E-state index in [1.807, 2.05) is 6.92 Å². The van der Waals surface area contributed by atoms with Gasteiger partial charge in [0.15, 0.2) is 5.78 Å². The fraction of sp³-hybridized carbons (Fsp3) is 0.667. The molecule has 0 bridgehead atoms. The maximum Gasteiger partial charge on any atom is 0.174 e. The van der Waals surface area contributed by atoms with Crippen molar-refractivity contribution in [3.63, 3.8) is 0 Å². The smallest absolute Gasteiger partial charge is 0.174 e. The average Bonchev–Trinajstić information content (AvgIpc) is 1.98. The molecule has 0 radical (unpaired) electrons. The van der Waals surface area contributed by atoms with E-state index >= 15 is 0 Å². The Morgan fingerprint density at radius 2 is 2.64 bits per heavy atom. The Bertz CT molecular complexity index is 183. The molecule has 0 aromatic rings. The number of ketones is 1. The van der Waals surface area contributed by atoms with Gasteiger partial charge in [0.25, 0.3) is 0 Å². The summed E-state index contributed by atoms with van der Waals surface area (Å²) in [5.74, 6) is 1.24. The van der Waals surface area contributed by atoms with E-state index in [0.717, 1.165) is 9.28 Å². The Hall–Kier alpha value is 0.420. The molecule has 0 unspecified atom stereocenters. The fourth-order valence-corrected chi connectivity index (χ4v) is 2.99. The molecule has 5 heteroatoms. The molecular weight excluding hydrogens is 198 g/mol. The van der Waals surface area contributed by atoms with Crippen LogP contribution < -0.4 is 5.32 Å². The van der Waals surface area contributed by atoms with Crippen molar-refractivity contribution in [1.29, 1.82) is 0 Å². The normalized spacial score (nSPS) is 23.0. The van der Waals surface area contributed by atoms with E-state index in [9.17, 15) is 4.79 Å². The molecule has 0 saturated carbocycles. The molecule has 62 valence electrons. The van der Waals surface area contributed by atoms with Crippen LogP contribution in [0.4, 0.5) is 0 Å². The highest BCUT2D eigenvalue weighted by Crippen LogP contribution is 2.23. The highest BCUT2D eigenvalue weighted by Gasteiger charge is 2.28. The van der Waals surface area contributed by atoms with Crippen LogP contribution in [0.3, 0.4) is 0 Å². The van der Waals surface area contributed by atoms with Crippen LogP contribution in [-0.2, 0) is 4.79 Å². The third kappa shape index (κ3) is 2.74. The first kappa shape index (κ1) is 9.51. The molecule has 0 aromatic carbocycles. The first-order valence-corrected chi connectivity index (χ1v) is 5.61. The molecule has 11 heavy (non-hydrogen) atoms. The average molecular weight is 207 g/mol. The zero-order chi connectivity index (χ0) is 8.27. The van der Waals surface area contributed by atoms with Gasteiger partial charge in [0.1, 0.15) is 8.90 Å². The van der Waals surface area contributed by atoms with E-state index in [4.69, 9.17) is 12.2 Å². The molecule has 0 amide bonds. The number of Topliss-reactive ketones (excluding diaryl/α,β-unsaturated/α-hetero) is 1. The summed E-state index contributed by atoms with van der Waals surface area (Å²) in [6.45, 7) is 2.56. The van der Waals surface area contributed by atoms with Gasteiger partial charge >= 0.3 is 0 Å². The van der Waals surface area contributed by atoms with Crippen molar-refractivity contribution in [2.24, 2.45) is 0 Å². The maximum absolute atomic E-state index is 10.8. The van der Waals surface area contributed by atoms with Gasteiger partial charge in [0.05, 0.1) is 6.54 Å². The van der Waals surface area contributed by atoms with E-state index in [1.165, 1.54) is 11.8 Å². The summed E-state index contributed by atoms with van der Waals surface area (Å²) in [7, 11) is 0. The third-order valence-corrected chi connectivity index (χ3v) is 3.90. The van der Waals surface area contributed by atoms with Gasteiger partial charge in [-0.15, -0.1) is 11.8 Å². The zero-order valence-corrected chi connectivity index (χ0v) is 8.57. The minimum atomic E-state index is -0.0541. The van der Waals surface area contributed by atoms with Crippen molar-refractivity contribution in [3.05, 3.63) is 0 Å². The second-order valence-electron chi connectivity index (χ2n) is 2.03. The van der Waals surface area contributed by atoms with Gasteiger partial charge in [-0.2, -0.15) is 0 Å². The summed E-state index contributed by atoms with van der Waals surface area (Å²) in [5.41, 5.74) is 0. The van der Waals surface area contributed by atoms with E-state index < -0.39 is 0 Å². The van der Waals surface area contributed by atoms with Gasteiger partial charge in [-0.25, -0.2) is 0 Å². The molecule has 0 spiro atoms. The number of rotatable bonds is 2. The number of carbonyl (C=O) groups excluding carboxylic acids is 1. The Labute approximate surface area is 79.9 Å². The van der Waals surface area contributed by atoms with Crippen molar-refractivity contribution in [2.75, 3.05) is 12.3 Å². The summed E-state index contributed by atoms with van der Waals surface area (Å²) in [4.78, 5) is 10.8. The van der Waals surface area contributed by atoms with Crippen LogP contribution in [0.2, 0.25) is 0 Å². The van der Waals surface area contributed by atoms with Crippen LogP contribution in [0, 0.1) is 0 Å². The van der Waals surface area contributed by atoms with Crippen molar-refractivity contribution in [2.45, 2.75) is 12.3 Å². The van der Waals surface area contributed by atoms with Gasteiger partial charge in [-0.1, -0.05) is 30.9 Å². The van der Waals surface area contributed by atoms with Crippen LogP contribution in [-0.4, -0.2) is 27.0 Å². The highest BCUT2D eigenvalue weighted by atomic mass is 32.2. The van der Waals surface area contributed by atoms with E-state index in [1.54, 1.807) is 11.8 Å². The Balaban J connectivity index is 2.19. The molecule has 1 aliphatic heterocycles. The number of thiocarbonyl (C=S) groups is 1. The van der Waals surface area contributed by atoms with E-state index in [-0.39, 0.29) is 11.2 Å². The third-order valence-electron chi connectivity index (χ3n) is 1.23. The SMILES string of the molecule is CCSC(=S)S[C@H]1NCC1=O. The van der Waals surface area contributed by atoms with E-state index in [2.05, 4.69) is 5.32 Å². The lowest BCUT2D eigenvalue weighted by atomic mass is 10.3. The standard InChI is InChI=1S/C6H9NOS3/c1-2-10-6(9)11-5-4(8)3-7-5/h5,7H,2-3H2,1H3/t5-/m1/s1. The van der Waals surface area contributed by atoms with Crippen LogP contribution in [0.5, 0.6) is 0 Å². The van der Waals surface area contributed by atoms with Crippen molar-refractivity contribution < 1.29 is 4.79 Å². The number of thioether (sulfide) groups is 2. The molecular formula is C6H9NOS3. The quantitative estimate of drug-likeness (QED) is 0.688. The topological polar surface area (TPSA) is 29.1 Å². The predicted molar refractivity (Wildman–Crippen MR) is 55.1 cm³/mol. The van der Waals surface area contributed by atoms with Crippen molar-refractivity contribution in [3.8, 4) is 0 Å². The van der Waals surface area contributed by atoms with Gasteiger partial charge in [0, 0.05) is 0 Å². The Kier molecular flexibility index (Phi) is 3.84. The first-order chi connectivity index (χ1) is 5.24. The van der Waals surface area contributed by atoms with Crippen LogP contribution >= 0.6 is 35.7 Å². The van der Waals surface area contributed by atoms with Gasteiger partial charge in [-0.05, 0) is 5.75 Å². The minimum absolute atomic E-state index is 0.0541. The minimum Gasteiger partial charge on any atom is -0.295 e. The largest absolute Gasteiger partial charge is 0.295 e. The highest BCUT2D eigenvalue weighted by molar-refractivity contribution is 8.47. The Morgan fingerprint density at radius 3 is 3.00 bits per heavy atom. The summed E-state index contributed by atoms with van der Waals surface area (Å²) < 4.78 is 0.859. The summed E-state index contributed by atoms with van der Waals surface area (Å²) >= 11 is 8.08. The Morgan fingerprint density at radius 1 is 1.91 bits per heavy atom. The molecule has 1 atom stereocenters. The molecule has 1 fully saturated rings. The van der Waals surface area contributed by atoms with Crippen LogP contribution in [0.1, 0.15) is 6.92 Å². The summed E-state index contributed by atoms with van der Waals surface area (Å²) in [6.07, 6.45) is 0. The van der Waals surface area contributed by atoms with Crippen molar-refractivity contribution >= 4 is 45.1 Å². The first-order valence-electron chi connectivity index (χ1n) is 3.33. The summed E-state index contributed by atoms with van der Waals surface area (Å²) in [6, 6.07) is 0. The number of hydrogen-bond acceptors (Lipinski definition) is 5.